The van der Waals surface area contributed by atoms with Gasteiger partial charge in [0.25, 0.3) is 11.8 Å². The Bertz CT molecular complexity index is 684. The van der Waals surface area contributed by atoms with Gasteiger partial charge in [-0.2, -0.15) is 0 Å². The standard InChI is InChI=1S/C17H21NO7/c1-6-17(7-2)15(20)18(25-16(17)21)14(19)10-8-11(22-3)13(24-5)12(9-10)23-4/h8-9H,6-7H2,1-5H3. The largest absolute Gasteiger partial charge is 0.493 e. The van der Waals surface area contributed by atoms with Crippen LogP contribution in [0, 0.1) is 5.41 Å². The summed E-state index contributed by atoms with van der Waals surface area (Å²) < 4.78 is 15.6. The molecule has 25 heavy (non-hydrogen) atoms. The summed E-state index contributed by atoms with van der Waals surface area (Å²) in [5.74, 6) is -1.35. The summed E-state index contributed by atoms with van der Waals surface area (Å²) in [6.07, 6.45) is 0.500. The Labute approximate surface area is 145 Å². The highest BCUT2D eigenvalue weighted by molar-refractivity contribution is 6.15. The molecule has 8 nitrogen and oxygen atoms in total. The lowest BCUT2D eigenvalue weighted by molar-refractivity contribution is -0.168. The first-order valence-electron chi connectivity index (χ1n) is 7.81. The Hall–Kier alpha value is -2.77. The van der Waals surface area contributed by atoms with Gasteiger partial charge in [0, 0.05) is 0 Å². The van der Waals surface area contributed by atoms with E-state index in [4.69, 9.17) is 19.0 Å². The Morgan fingerprint density at radius 1 is 1.04 bits per heavy atom. The van der Waals surface area contributed by atoms with Gasteiger partial charge in [-0.05, 0) is 25.0 Å². The molecule has 0 N–H and O–H groups in total. The van der Waals surface area contributed by atoms with E-state index in [1.807, 2.05) is 0 Å². The molecule has 1 saturated heterocycles. The van der Waals surface area contributed by atoms with Gasteiger partial charge in [-0.25, -0.2) is 4.79 Å². The zero-order valence-electron chi connectivity index (χ0n) is 14.9. The summed E-state index contributed by atoms with van der Waals surface area (Å²) in [5.41, 5.74) is -1.25. The van der Waals surface area contributed by atoms with Crippen LogP contribution in [0.1, 0.15) is 37.0 Å². The Kier molecular flexibility index (Phi) is 5.20. The van der Waals surface area contributed by atoms with E-state index >= 15 is 0 Å². The average molecular weight is 351 g/mol. The van der Waals surface area contributed by atoms with E-state index in [0.29, 0.717) is 10.8 Å². The maximum Gasteiger partial charge on any atom is 0.348 e. The van der Waals surface area contributed by atoms with Crippen molar-refractivity contribution in [3.63, 3.8) is 0 Å². The highest BCUT2D eigenvalue weighted by Gasteiger charge is 2.56. The van der Waals surface area contributed by atoms with Gasteiger partial charge in [0.1, 0.15) is 0 Å². The molecule has 0 spiro atoms. The van der Waals surface area contributed by atoms with Gasteiger partial charge in [-0.15, -0.1) is 0 Å². The molecule has 136 valence electrons. The number of hydroxylamine groups is 2. The second-order valence-corrected chi connectivity index (χ2v) is 5.49. The van der Waals surface area contributed by atoms with Crippen LogP contribution < -0.4 is 14.2 Å². The molecule has 2 amide bonds. The summed E-state index contributed by atoms with van der Waals surface area (Å²) in [7, 11) is 4.25. The molecular weight excluding hydrogens is 330 g/mol. The quantitative estimate of drug-likeness (QED) is 0.571. The van der Waals surface area contributed by atoms with Crippen molar-refractivity contribution in [3.05, 3.63) is 17.7 Å². The molecule has 0 radical (unpaired) electrons. The minimum Gasteiger partial charge on any atom is -0.493 e. The van der Waals surface area contributed by atoms with E-state index in [1.54, 1.807) is 13.8 Å². The van der Waals surface area contributed by atoms with Gasteiger partial charge in [0.2, 0.25) is 5.75 Å². The SMILES string of the molecule is CCC1(CC)C(=O)ON(C(=O)c2cc(OC)c(OC)c(OC)c2)C1=O. The summed E-state index contributed by atoms with van der Waals surface area (Å²) in [6, 6.07) is 2.78. The number of nitrogens with zero attached hydrogens (tertiary/aromatic N) is 1. The maximum absolute atomic E-state index is 12.7. The molecule has 0 aromatic heterocycles. The molecule has 0 unspecified atom stereocenters. The first-order valence-corrected chi connectivity index (χ1v) is 7.81. The number of methoxy groups -OCH3 is 3. The minimum absolute atomic E-state index is 0.0682. The summed E-state index contributed by atoms with van der Waals surface area (Å²) in [4.78, 5) is 42.5. The zero-order valence-corrected chi connectivity index (χ0v) is 14.9. The lowest BCUT2D eigenvalue weighted by Gasteiger charge is -2.18. The van der Waals surface area contributed by atoms with Crippen molar-refractivity contribution < 1.29 is 33.4 Å². The first-order chi connectivity index (χ1) is 11.9. The second kappa shape index (κ2) is 7.00. The number of hydrogen-bond acceptors (Lipinski definition) is 7. The fourth-order valence-corrected chi connectivity index (χ4v) is 2.79. The molecule has 1 aliphatic rings. The number of imide groups is 1. The number of ether oxygens (including phenoxy) is 3. The number of rotatable bonds is 6. The molecule has 0 atom stereocenters. The molecule has 0 saturated carbocycles. The number of carbonyl (C=O) groups excluding carboxylic acids is 3. The summed E-state index contributed by atoms with van der Waals surface area (Å²) in [6.45, 7) is 3.41. The van der Waals surface area contributed by atoms with Crippen molar-refractivity contribution in [1.82, 2.24) is 5.06 Å². The molecule has 8 heteroatoms. The number of hydrogen-bond donors (Lipinski definition) is 0. The normalized spacial score (nSPS) is 15.8. The van der Waals surface area contributed by atoms with Gasteiger partial charge in [-0.3, -0.25) is 9.59 Å². The molecular formula is C17H21NO7. The van der Waals surface area contributed by atoms with Crippen LogP contribution in [-0.4, -0.2) is 44.2 Å². The lowest BCUT2D eigenvalue weighted by atomic mass is 9.82. The highest BCUT2D eigenvalue weighted by atomic mass is 16.7. The number of carbonyl (C=O) groups is 3. The number of amides is 2. The molecule has 0 bridgehead atoms. The van der Waals surface area contributed by atoms with Crippen LogP contribution in [0.4, 0.5) is 0 Å². The van der Waals surface area contributed by atoms with Crippen LogP contribution in [0.25, 0.3) is 0 Å². The van der Waals surface area contributed by atoms with Crippen LogP contribution in [0.2, 0.25) is 0 Å². The smallest absolute Gasteiger partial charge is 0.348 e. The van der Waals surface area contributed by atoms with E-state index in [9.17, 15) is 14.4 Å². The van der Waals surface area contributed by atoms with Crippen molar-refractivity contribution in [2.75, 3.05) is 21.3 Å². The van der Waals surface area contributed by atoms with Crippen molar-refractivity contribution in [1.29, 1.82) is 0 Å². The Morgan fingerprint density at radius 2 is 1.56 bits per heavy atom. The molecule has 1 fully saturated rings. The molecule has 1 aromatic rings. The Morgan fingerprint density at radius 3 is 1.92 bits per heavy atom. The first kappa shape index (κ1) is 18.6. The Balaban J connectivity index is 2.45. The predicted octanol–water partition coefficient (Wildman–Crippen LogP) is 1.96. The van der Waals surface area contributed by atoms with Crippen LogP contribution in [0.3, 0.4) is 0 Å². The van der Waals surface area contributed by atoms with Crippen molar-refractivity contribution in [2.24, 2.45) is 5.41 Å². The zero-order chi connectivity index (χ0) is 18.8. The van der Waals surface area contributed by atoms with Crippen molar-refractivity contribution in [3.8, 4) is 17.2 Å². The molecule has 1 aromatic carbocycles. The molecule has 1 aliphatic heterocycles. The van der Waals surface area contributed by atoms with Crippen LogP contribution >= 0.6 is 0 Å². The highest BCUT2D eigenvalue weighted by Crippen LogP contribution is 2.40. The fourth-order valence-electron chi connectivity index (χ4n) is 2.79. The van der Waals surface area contributed by atoms with E-state index in [-0.39, 0.29) is 29.9 Å². The van der Waals surface area contributed by atoms with Gasteiger partial charge in [0.15, 0.2) is 16.9 Å². The summed E-state index contributed by atoms with van der Waals surface area (Å²) in [5, 5.41) is 0.510. The topological polar surface area (TPSA) is 91.4 Å². The molecule has 2 rings (SSSR count). The van der Waals surface area contributed by atoms with Crippen molar-refractivity contribution in [2.45, 2.75) is 26.7 Å². The molecule has 1 heterocycles. The van der Waals surface area contributed by atoms with Crippen LogP contribution in [-0.2, 0) is 14.4 Å². The number of benzene rings is 1. The average Bonchev–Trinajstić information content (AvgIpc) is 2.90. The van der Waals surface area contributed by atoms with E-state index in [2.05, 4.69) is 0 Å². The fraction of sp³-hybridized carbons (Fsp3) is 0.471. The van der Waals surface area contributed by atoms with E-state index < -0.39 is 23.2 Å². The van der Waals surface area contributed by atoms with Gasteiger partial charge >= 0.3 is 5.97 Å². The van der Waals surface area contributed by atoms with Gasteiger partial charge in [-0.1, -0.05) is 18.9 Å². The minimum atomic E-state index is -1.32. The third-order valence-electron chi connectivity index (χ3n) is 4.46. The monoisotopic (exact) mass is 351 g/mol. The lowest BCUT2D eigenvalue weighted by Crippen LogP contribution is -2.38. The third kappa shape index (κ3) is 2.77. The van der Waals surface area contributed by atoms with Crippen molar-refractivity contribution >= 4 is 17.8 Å². The van der Waals surface area contributed by atoms with Gasteiger partial charge < -0.3 is 19.0 Å². The maximum atomic E-state index is 12.7. The van der Waals surface area contributed by atoms with Crippen LogP contribution in [0.15, 0.2) is 12.1 Å². The molecule has 0 aliphatic carbocycles. The van der Waals surface area contributed by atoms with Crippen LogP contribution in [0.5, 0.6) is 17.2 Å². The summed E-state index contributed by atoms with van der Waals surface area (Å²) >= 11 is 0. The van der Waals surface area contributed by atoms with E-state index in [1.165, 1.54) is 33.5 Å². The van der Waals surface area contributed by atoms with Gasteiger partial charge in [0.05, 0.1) is 26.9 Å². The van der Waals surface area contributed by atoms with E-state index in [0.717, 1.165) is 0 Å². The second-order valence-electron chi connectivity index (χ2n) is 5.49. The third-order valence-corrected chi connectivity index (χ3v) is 4.46. The predicted molar refractivity (Wildman–Crippen MR) is 86.4 cm³/mol.